The summed E-state index contributed by atoms with van der Waals surface area (Å²) in [5.74, 6) is 0.157. The maximum Gasteiger partial charge on any atom is 0.124 e. The van der Waals surface area contributed by atoms with Crippen LogP contribution in [-0.2, 0) is 0 Å². The molecule has 0 heterocycles. The van der Waals surface area contributed by atoms with Gasteiger partial charge >= 0.3 is 0 Å². The number of aromatic hydroxyl groups is 1. The van der Waals surface area contributed by atoms with Crippen molar-refractivity contribution in [1.82, 2.24) is 0 Å². The molecular weight excluding hydrogens is 172 g/mol. The zero-order valence-corrected chi connectivity index (χ0v) is 6.97. The second kappa shape index (κ2) is 2.68. The van der Waals surface area contributed by atoms with E-state index in [-0.39, 0.29) is 5.75 Å². The van der Waals surface area contributed by atoms with Crippen LogP contribution in [0.15, 0.2) is 30.3 Å². The largest absolute Gasteiger partial charge is 0.507 e. The topological polar surface area (TPSA) is 20.2 Å². The van der Waals surface area contributed by atoms with E-state index in [0.29, 0.717) is 5.02 Å². The lowest BCUT2D eigenvalue weighted by molar-refractivity contribution is 0.475. The van der Waals surface area contributed by atoms with Gasteiger partial charge in [0.2, 0.25) is 0 Å². The normalized spacial score (nSPS) is 10.4. The lowest BCUT2D eigenvalue weighted by Crippen LogP contribution is -1.72. The Labute approximate surface area is 75.2 Å². The Balaban J connectivity index is 2.79. The summed E-state index contributed by atoms with van der Waals surface area (Å²) in [7, 11) is 0. The van der Waals surface area contributed by atoms with Crippen molar-refractivity contribution in [3.63, 3.8) is 0 Å². The van der Waals surface area contributed by atoms with Crippen molar-refractivity contribution in [2.24, 2.45) is 0 Å². The number of halogens is 1. The first-order chi connectivity index (χ1) is 5.75. The van der Waals surface area contributed by atoms with Crippen LogP contribution in [0.25, 0.3) is 10.8 Å². The molecule has 0 aliphatic rings. The van der Waals surface area contributed by atoms with Crippen molar-refractivity contribution in [3.05, 3.63) is 41.4 Å². The molecule has 0 amide bonds. The number of phenolic OH excluding ortho intramolecular Hbond substituents is 1. The number of hydrogen-bond donors (Lipinski definition) is 1. The van der Waals surface area contributed by atoms with Gasteiger partial charge in [0, 0.05) is 11.1 Å². The molecule has 12 heavy (non-hydrogen) atoms. The summed E-state index contributed by atoms with van der Waals surface area (Å²) in [5.41, 5.74) is 0. The highest BCUT2D eigenvalue weighted by atomic mass is 35.5. The van der Waals surface area contributed by atoms with Gasteiger partial charge in [-0.1, -0.05) is 17.7 Å². The summed E-state index contributed by atoms with van der Waals surface area (Å²) in [6, 6.07) is 11.6. The summed E-state index contributed by atoms with van der Waals surface area (Å²) < 4.78 is 0. The molecule has 2 heteroatoms. The first kappa shape index (κ1) is 7.44. The van der Waals surface area contributed by atoms with Crippen LogP contribution in [0, 0.1) is 6.07 Å². The van der Waals surface area contributed by atoms with Gasteiger partial charge in [-0.25, -0.2) is 0 Å². The minimum absolute atomic E-state index is 0.157. The smallest absolute Gasteiger partial charge is 0.124 e. The van der Waals surface area contributed by atoms with Gasteiger partial charge in [0.25, 0.3) is 0 Å². The predicted octanol–water partition coefficient (Wildman–Crippen LogP) is 3.00. The molecular formula is C10H6ClO. The molecule has 0 aromatic heterocycles. The fraction of sp³-hybridized carbons (Fsp3) is 0. The molecule has 2 aromatic rings. The Morgan fingerprint density at radius 3 is 2.83 bits per heavy atom. The van der Waals surface area contributed by atoms with Gasteiger partial charge in [0.05, 0.1) is 0 Å². The van der Waals surface area contributed by atoms with Crippen LogP contribution in [-0.4, -0.2) is 5.11 Å². The molecule has 2 aromatic carbocycles. The van der Waals surface area contributed by atoms with Crippen LogP contribution < -0.4 is 0 Å². The second-order valence-corrected chi connectivity index (χ2v) is 3.03. The number of rotatable bonds is 0. The summed E-state index contributed by atoms with van der Waals surface area (Å²) in [6.07, 6.45) is 0. The highest BCUT2D eigenvalue weighted by Gasteiger charge is 1.95. The van der Waals surface area contributed by atoms with E-state index in [9.17, 15) is 0 Å². The molecule has 0 unspecified atom stereocenters. The number of fused-ring (bicyclic) bond motifs is 1. The van der Waals surface area contributed by atoms with Crippen LogP contribution in [0.1, 0.15) is 0 Å². The van der Waals surface area contributed by atoms with Gasteiger partial charge in [-0.15, -0.1) is 0 Å². The highest BCUT2D eigenvalue weighted by Crippen LogP contribution is 2.22. The highest BCUT2D eigenvalue weighted by molar-refractivity contribution is 6.31. The summed E-state index contributed by atoms with van der Waals surface area (Å²) >= 11 is 5.78. The number of benzene rings is 2. The van der Waals surface area contributed by atoms with E-state index < -0.39 is 0 Å². The number of hydrogen-bond acceptors (Lipinski definition) is 1. The molecule has 0 aliphatic carbocycles. The van der Waals surface area contributed by atoms with E-state index in [2.05, 4.69) is 6.07 Å². The fourth-order valence-electron chi connectivity index (χ4n) is 1.14. The summed E-state index contributed by atoms with van der Waals surface area (Å²) in [5, 5.41) is 11.8. The maximum atomic E-state index is 9.11. The van der Waals surface area contributed by atoms with Crippen LogP contribution in [0.3, 0.4) is 0 Å². The fourth-order valence-corrected chi connectivity index (χ4v) is 1.32. The third-order valence-corrected chi connectivity index (χ3v) is 1.95. The van der Waals surface area contributed by atoms with Crippen LogP contribution in [0.4, 0.5) is 0 Å². The minimum atomic E-state index is 0.157. The molecule has 59 valence electrons. The van der Waals surface area contributed by atoms with Crippen LogP contribution in [0.5, 0.6) is 5.75 Å². The number of phenols is 1. The molecule has 0 saturated heterocycles. The third kappa shape index (κ3) is 1.23. The standard InChI is InChI=1S/C10H6ClO/c11-9-3-1-8-6-10(12)4-2-7(8)5-9/h1-3,5-6,12H. The Hall–Kier alpha value is -1.21. The van der Waals surface area contributed by atoms with Crippen LogP contribution in [0.2, 0.25) is 5.02 Å². The average molecular weight is 178 g/mol. The molecule has 1 N–H and O–H groups in total. The molecule has 2 rings (SSSR count). The molecule has 1 nitrogen and oxygen atoms in total. The van der Waals surface area contributed by atoms with Crippen molar-refractivity contribution < 1.29 is 5.11 Å². The van der Waals surface area contributed by atoms with E-state index in [1.807, 2.05) is 12.1 Å². The van der Waals surface area contributed by atoms with Gasteiger partial charge in [-0.3, -0.25) is 0 Å². The molecule has 0 atom stereocenters. The van der Waals surface area contributed by atoms with Gasteiger partial charge in [-0.2, -0.15) is 0 Å². The average Bonchev–Trinajstić information content (AvgIpc) is 2.05. The van der Waals surface area contributed by atoms with E-state index in [0.717, 1.165) is 10.8 Å². The van der Waals surface area contributed by atoms with Crippen molar-refractivity contribution in [1.29, 1.82) is 0 Å². The Bertz CT molecular complexity index is 382. The van der Waals surface area contributed by atoms with Gasteiger partial charge in [0.1, 0.15) is 5.75 Å². The Morgan fingerprint density at radius 2 is 2.00 bits per heavy atom. The lowest BCUT2D eigenvalue weighted by atomic mass is 10.1. The van der Waals surface area contributed by atoms with E-state index in [4.69, 9.17) is 16.7 Å². The second-order valence-electron chi connectivity index (χ2n) is 2.59. The predicted molar refractivity (Wildman–Crippen MR) is 49.5 cm³/mol. The SMILES string of the molecule is Oc1[c]cc2cc(Cl)ccc2c1. The monoisotopic (exact) mass is 177 g/mol. The summed E-state index contributed by atoms with van der Waals surface area (Å²) in [4.78, 5) is 0. The quantitative estimate of drug-likeness (QED) is 0.656. The lowest BCUT2D eigenvalue weighted by Gasteiger charge is -1.97. The maximum absolute atomic E-state index is 9.11. The first-order valence-corrected chi connectivity index (χ1v) is 3.93. The van der Waals surface area contributed by atoms with E-state index >= 15 is 0 Å². The van der Waals surface area contributed by atoms with Crippen molar-refractivity contribution in [2.45, 2.75) is 0 Å². The van der Waals surface area contributed by atoms with Crippen LogP contribution >= 0.6 is 11.6 Å². The van der Waals surface area contributed by atoms with Gasteiger partial charge in [0.15, 0.2) is 0 Å². The van der Waals surface area contributed by atoms with E-state index in [1.54, 1.807) is 18.2 Å². The van der Waals surface area contributed by atoms with E-state index in [1.165, 1.54) is 0 Å². The molecule has 1 radical (unpaired) electrons. The van der Waals surface area contributed by atoms with Gasteiger partial charge in [-0.05, 0) is 35.0 Å². The van der Waals surface area contributed by atoms with Gasteiger partial charge < -0.3 is 5.11 Å². The van der Waals surface area contributed by atoms with Crippen molar-refractivity contribution in [2.75, 3.05) is 0 Å². The zero-order chi connectivity index (χ0) is 8.55. The third-order valence-electron chi connectivity index (χ3n) is 1.72. The molecule has 0 bridgehead atoms. The minimum Gasteiger partial charge on any atom is -0.507 e. The van der Waals surface area contributed by atoms with Crippen molar-refractivity contribution in [3.8, 4) is 5.75 Å². The zero-order valence-electron chi connectivity index (χ0n) is 6.21. The van der Waals surface area contributed by atoms with Crippen molar-refractivity contribution >= 4 is 22.4 Å². The Kier molecular flexibility index (Phi) is 1.66. The molecule has 0 saturated carbocycles. The molecule has 0 spiro atoms. The summed E-state index contributed by atoms with van der Waals surface area (Å²) in [6.45, 7) is 0. The molecule has 0 fully saturated rings. The Morgan fingerprint density at radius 1 is 1.17 bits per heavy atom. The molecule has 0 aliphatic heterocycles. The first-order valence-electron chi connectivity index (χ1n) is 3.56.